The fraction of sp³-hybridized carbons (Fsp3) is 0.529. The fourth-order valence-electron chi connectivity index (χ4n) is 2.62. The maximum Gasteiger partial charge on any atom is 0.240 e. The first-order valence-corrected chi connectivity index (χ1v) is 9.22. The maximum absolute atomic E-state index is 13.2. The van der Waals surface area contributed by atoms with Crippen molar-refractivity contribution >= 4 is 17.7 Å². The molecular weight excluding hydrogens is 338 g/mol. The summed E-state index contributed by atoms with van der Waals surface area (Å²) in [5.74, 6) is 0.0722. The number of hydrogen-bond donors (Lipinski definition) is 0. The van der Waals surface area contributed by atoms with Gasteiger partial charge in [0.05, 0.1) is 18.8 Å². The van der Waals surface area contributed by atoms with E-state index in [2.05, 4.69) is 15.5 Å². The van der Waals surface area contributed by atoms with Crippen LogP contribution in [0.15, 0.2) is 35.5 Å². The smallest absolute Gasteiger partial charge is 0.240 e. The Bertz CT molecular complexity index is 707. The Kier molecular flexibility index (Phi) is 5.39. The van der Waals surface area contributed by atoms with Gasteiger partial charge in [-0.3, -0.25) is 4.79 Å². The second-order valence-corrected chi connectivity index (χ2v) is 7.96. The van der Waals surface area contributed by atoms with Crippen LogP contribution in [0.2, 0.25) is 0 Å². The largest absolute Gasteiger partial charge is 0.378 e. The second-order valence-electron chi connectivity index (χ2n) is 6.89. The van der Waals surface area contributed by atoms with Gasteiger partial charge in [-0.15, -0.1) is 5.10 Å². The van der Waals surface area contributed by atoms with Crippen LogP contribution in [0.4, 0.5) is 0 Å². The van der Waals surface area contributed by atoms with Crippen molar-refractivity contribution < 1.29 is 9.53 Å². The predicted octanol–water partition coefficient (Wildman–Crippen LogP) is 2.12. The van der Waals surface area contributed by atoms with E-state index in [9.17, 15) is 4.79 Å². The Morgan fingerprint density at radius 3 is 2.52 bits per heavy atom. The number of thioether (sulfide) groups is 1. The van der Waals surface area contributed by atoms with Gasteiger partial charge in [0, 0.05) is 13.1 Å². The topological polar surface area (TPSA) is 73.1 Å². The first-order valence-electron chi connectivity index (χ1n) is 8.34. The van der Waals surface area contributed by atoms with Crippen LogP contribution in [-0.4, -0.2) is 57.3 Å². The monoisotopic (exact) mass is 361 g/mol. The summed E-state index contributed by atoms with van der Waals surface area (Å²) >= 11 is 1.40. The SMILES string of the molecule is CC(C)(C)n1nnnc1S[C@@H](C(=O)N1CCOCC1)c1ccccc1. The van der Waals surface area contributed by atoms with Crippen molar-refractivity contribution in [2.75, 3.05) is 26.3 Å². The highest BCUT2D eigenvalue weighted by molar-refractivity contribution is 8.00. The van der Waals surface area contributed by atoms with Crippen molar-refractivity contribution in [2.45, 2.75) is 36.7 Å². The number of nitrogens with zero attached hydrogens (tertiary/aromatic N) is 5. The van der Waals surface area contributed by atoms with Crippen molar-refractivity contribution in [1.82, 2.24) is 25.1 Å². The van der Waals surface area contributed by atoms with Crippen LogP contribution in [0.5, 0.6) is 0 Å². The summed E-state index contributed by atoms with van der Waals surface area (Å²) < 4.78 is 7.13. The molecule has 25 heavy (non-hydrogen) atoms. The lowest BCUT2D eigenvalue weighted by Gasteiger charge is -2.30. The molecule has 0 radical (unpaired) electrons. The zero-order valence-corrected chi connectivity index (χ0v) is 15.6. The number of tetrazole rings is 1. The first-order chi connectivity index (χ1) is 12.0. The molecule has 1 saturated heterocycles. The summed E-state index contributed by atoms with van der Waals surface area (Å²) in [7, 11) is 0. The highest BCUT2D eigenvalue weighted by Gasteiger charge is 2.31. The molecule has 3 rings (SSSR count). The number of ether oxygens (including phenoxy) is 1. The molecule has 1 amide bonds. The number of morpholine rings is 1. The van der Waals surface area contributed by atoms with E-state index in [0.29, 0.717) is 31.5 Å². The van der Waals surface area contributed by atoms with Crippen molar-refractivity contribution in [3.63, 3.8) is 0 Å². The molecule has 1 aliphatic heterocycles. The standard InChI is InChI=1S/C17H23N5O2S/c1-17(2,3)22-16(18-19-20-22)25-14(13-7-5-4-6-8-13)15(23)21-9-11-24-12-10-21/h4-8,14H,9-12H2,1-3H3/t14-/m1/s1. The zero-order chi connectivity index (χ0) is 17.9. The summed E-state index contributed by atoms with van der Waals surface area (Å²) in [5.41, 5.74) is 0.696. The van der Waals surface area contributed by atoms with Gasteiger partial charge < -0.3 is 9.64 Å². The molecule has 8 heteroatoms. The van der Waals surface area contributed by atoms with E-state index >= 15 is 0 Å². The van der Waals surface area contributed by atoms with Gasteiger partial charge in [0.1, 0.15) is 5.25 Å². The van der Waals surface area contributed by atoms with Crippen LogP contribution in [0.25, 0.3) is 0 Å². The lowest BCUT2D eigenvalue weighted by atomic mass is 10.1. The zero-order valence-electron chi connectivity index (χ0n) is 14.8. The number of amides is 1. The molecule has 1 aromatic heterocycles. The summed E-state index contributed by atoms with van der Waals surface area (Å²) in [5, 5.41) is 12.3. The van der Waals surface area contributed by atoms with E-state index in [-0.39, 0.29) is 16.7 Å². The van der Waals surface area contributed by atoms with Crippen LogP contribution in [0.3, 0.4) is 0 Å². The summed E-state index contributed by atoms with van der Waals surface area (Å²) in [6.45, 7) is 8.51. The highest BCUT2D eigenvalue weighted by Crippen LogP contribution is 2.37. The molecule has 7 nitrogen and oxygen atoms in total. The van der Waals surface area contributed by atoms with E-state index < -0.39 is 0 Å². The maximum atomic E-state index is 13.2. The minimum atomic E-state index is -0.383. The average Bonchev–Trinajstić information content (AvgIpc) is 3.09. The van der Waals surface area contributed by atoms with E-state index in [4.69, 9.17) is 4.74 Å². The number of hydrogen-bond acceptors (Lipinski definition) is 6. The summed E-state index contributed by atoms with van der Waals surface area (Å²) in [6.07, 6.45) is 0. The van der Waals surface area contributed by atoms with Crippen molar-refractivity contribution in [2.24, 2.45) is 0 Å². The molecule has 1 atom stereocenters. The predicted molar refractivity (Wildman–Crippen MR) is 95.3 cm³/mol. The van der Waals surface area contributed by atoms with Crippen molar-refractivity contribution in [3.05, 3.63) is 35.9 Å². The van der Waals surface area contributed by atoms with Crippen LogP contribution in [-0.2, 0) is 15.1 Å². The van der Waals surface area contributed by atoms with Crippen LogP contribution in [0.1, 0.15) is 31.6 Å². The van der Waals surface area contributed by atoms with Gasteiger partial charge in [-0.1, -0.05) is 42.1 Å². The second kappa shape index (κ2) is 7.53. The number of benzene rings is 1. The fourth-order valence-corrected chi connectivity index (χ4v) is 3.87. The van der Waals surface area contributed by atoms with Gasteiger partial charge in [-0.05, 0) is 36.8 Å². The molecule has 0 saturated carbocycles. The molecule has 1 aromatic carbocycles. The van der Waals surface area contributed by atoms with Crippen molar-refractivity contribution in [3.8, 4) is 0 Å². The third-order valence-corrected chi connectivity index (χ3v) is 5.12. The quantitative estimate of drug-likeness (QED) is 0.777. The van der Waals surface area contributed by atoms with Gasteiger partial charge in [-0.25, -0.2) is 4.68 Å². The Hall–Kier alpha value is -1.93. The molecule has 1 aliphatic rings. The molecule has 2 heterocycles. The molecule has 0 unspecified atom stereocenters. The molecular formula is C17H23N5O2S. The van der Waals surface area contributed by atoms with Gasteiger partial charge in [0.15, 0.2) is 0 Å². The number of rotatable bonds is 4. The first kappa shape index (κ1) is 17.9. The lowest BCUT2D eigenvalue weighted by molar-refractivity contribution is -0.134. The van der Waals surface area contributed by atoms with E-state index in [1.54, 1.807) is 4.68 Å². The Labute approximate surface area is 151 Å². The Balaban J connectivity index is 1.90. The van der Waals surface area contributed by atoms with E-state index in [1.807, 2.05) is 56.0 Å². The van der Waals surface area contributed by atoms with Gasteiger partial charge in [-0.2, -0.15) is 0 Å². The highest BCUT2D eigenvalue weighted by atomic mass is 32.2. The number of carbonyl (C=O) groups is 1. The number of carbonyl (C=O) groups excluding carboxylic acids is 1. The van der Waals surface area contributed by atoms with Gasteiger partial charge in [0.2, 0.25) is 11.1 Å². The summed E-state index contributed by atoms with van der Waals surface area (Å²) in [6, 6.07) is 9.79. The number of aromatic nitrogens is 4. The third kappa shape index (κ3) is 4.19. The van der Waals surface area contributed by atoms with Gasteiger partial charge >= 0.3 is 0 Å². The molecule has 0 aliphatic carbocycles. The summed E-state index contributed by atoms with van der Waals surface area (Å²) in [4.78, 5) is 15.0. The van der Waals surface area contributed by atoms with Crippen LogP contribution < -0.4 is 0 Å². The lowest BCUT2D eigenvalue weighted by Crippen LogP contribution is -2.42. The third-order valence-electron chi connectivity index (χ3n) is 3.95. The minimum Gasteiger partial charge on any atom is -0.378 e. The minimum absolute atomic E-state index is 0.0722. The van der Waals surface area contributed by atoms with Crippen LogP contribution in [0, 0.1) is 0 Å². The normalized spacial score (nSPS) is 16.7. The molecule has 0 N–H and O–H groups in total. The van der Waals surface area contributed by atoms with Crippen LogP contribution >= 0.6 is 11.8 Å². The Morgan fingerprint density at radius 1 is 1.20 bits per heavy atom. The van der Waals surface area contributed by atoms with Crippen molar-refractivity contribution in [1.29, 1.82) is 0 Å². The average molecular weight is 361 g/mol. The van der Waals surface area contributed by atoms with E-state index in [1.165, 1.54) is 11.8 Å². The molecule has 1 fully saturated rings. The molecule has 0 spiro atoms. The molecule has 134 valence electrons. The molecule has 2 aromatic rings. The Morgan fingerprint density at radius 2 is 1.88 bits per heavy atom. The van der Waals surface area contributed by atoms with Gasteiger partial charge in [0.25, 0.3) is 0 Å². The molecule has 0 bridgehead atoms. The van der Waals surface area contributed by atoms with E-state index in [0.717, 1.165) is 5.56 Å².